The van der Waals surface area contributed by atoms with Crippen molar-refractivity contribution in [2.24, 2.45) is 10.1 Å². The van der Waals surface area contributed by atoms with Crippen LogP contribution in [0.1, 0.15) is 62.5 Å². The second kappa shape index (κ2) is 11.6. The van der Waals surface area contributed by atoms with E-state index in [1.54, 1.807) is 6.08 Å². The number of ether oxygens (including phenoxy) is 2. The molecule has 7 nitrogen and oxygen atoms in total. The molecule has 3 aliphatic rings. The maximum absolute atomic E-state index is 12.7. The van der Waals surface area contributed by atoms with Gasteiger partial charge < -0.3 is 9.47 Å². The summed E-state index contributed by atoms with van der Waals surface area (Å²) in [6, 6.07) is 14.0. The molecule has 37 heavy (non-hydrogen) atoms. The Hall–Kier alpha value is -2.91. The van der Waals surface area contributed by atoms with Gasteiger partial charge in [0.1, 0.15) is 29.8 Å². The molecule has 0 saturated heterocycles. The van der Waals surface area contributed by atoms with Gasteiger partial charge in [0.15, 0.2) is 5.84 Å². The minimum absolute atomic E-state index is 0.0110. The molecule has 1 N–H and O–H groups in total. The molecule has 0 atom stereocenters. The van der Waals surface area contributed by atoms with Crippen molar-refractivity contribution in [3.8, 4) is 11.5 Å². The molecule has 9 heteroatoms. The maximum atomic E-state index is 12.7. The summed E-state index contributed by atoms with van der Waals surface area (Å²) in [6.45, 7) is 2.70. The van der Waals surface area contributed by atoms with Gasteiger partial charge >= 0.3 is 0 Å². The lowest BCUT2D eigenvalue weighted by atomic mass is 9.84. The predicted molar refractivity (Wildman–Crippen MR) is 153 cm³/mol. The number of benzene rings is 2. The summed E-state index contributed by atoms with van der Waals surface area (Å²) in [5, 5.41) is 15.6. The predicted octanol–water partition coefficient (Wildman–Crippen LogP) is 6.98. The van der Waals surface area contributed by atoms with Gasteiger partial charge in [-0.2, -0.15) is 15.1 Å². The van der Waals surface area contributed by atoms with Gasteiger partial charge in [0.2, 0.25) is 5.17 Å². The van der Waals surface area contributed by atoms with Crippen molar-refractivity contribution in [2.75, 3.05) is 13.2 Å². The van der Waals surface area contributed by atoms with Gasteiger partial charge in [0.25, 0.3) is 5.91 Å². The van der Waals surface area contributed by atoms with E-state index >= 15 is 0 Å². The quantitative estimate of drug-likeness (QED) is 0.268. The van der Waals surface area contributed by atoms with E-state index in [-0.39, 0.29) is 11.4 Å². The summed E-state index contributed by atoms with van der Waals surface area (Å²) in [5.41, 5.74) is 2.24. The Kier molecular flexibility index (Phi) is 8.10. The van der Waals surface area contributed by atoms with Gasteiger partial charge in [-0.25, -0.2) is 0 Å². The number of nitrogens with zero attached hydrogens (tertiary/aromatic N) is 3. The number of carbonyl (C=O) groups is 1. The Morgan fingerprint density at radius 2 is 1.86 bits per heavy atom. The molecule has 2 heterocycles. The zero-order chi connectivity index (χ0) is 25.8. The normalized spacial score (nSPS) is 19.1. The zero-order valence-corrected chi connectivity index (χ0v) is 23.1. The van der Waals surface area contributed by atoms with E-state index in [0.29, 0.717) is 35.6 Å². The van der Waals surface area contributed by atoms with Gasteiger partial charge in [0, 0.05) is 10.0 Å². The molecule has 0 spiro atoms. The summed E-state index contributed by atoms with van der Waals surface area (Å²) in [6.07, 6.45) is 8.92. The molecule has 2 aromatic rings. The lowest BCUT2D eigenvalue weighted by Gasteiger charge is -2.22. The first-order valence-corrected chi connectivity index (χ1v) is 14.3. The number of amides is 1. The van der Waals surface area contributed by atoms with Crippen molar-refractivity contribution >= 4 is 55.7 Å². The first kappa shape index (κ1) is 25.7. The molecule has 0 radical (unpaired) electrons. The van der Waals surface area contributed by atoms with E-state index in [2.05, 4.69) is 38.2 Å². The fourth-order valence-electron chi connectivity index (χ4n) is 4.68. The smallest absolute Gasteiger partial charge is 0.283 e. The first-order chi connectivity index (χ1) is 18.0. The zero-order valence-electron chi connectivity index (χ0n) is 20.7. The number of carbonyl (C=O) groups excluding carboxylic acids is 1. The molecule has 2 aliphatic heterocycles. The number of fused-ring (bicyclic) bond motifs is 1. The summed E-state index contributed by atoms with van der Waals surface area (Å²) >= 11 is 4.82. The minimum atomic E-state index is -0.456. The molecule has 2 aromatic carbocycles. The van der Waals surface area contributed by atoms with Gasteiger partial charge in [-0.1, -0.05) is 54.2 Å². The Bertz CT molecular complexity index is 1280. The fraction of sp³-hybridized carbons (Fsp3) is 0.357. The Morgan fingerprint density at radius 3 is 2.62 bits per heavy atom. The molecule has 5 rings (SSSR count). The third kappa shape index (κ3) is 5.99. The molecule has 0 unspecified atom stereocenters. The average molecular weight is 582 g/mol. The Balaban J connectivity index is 1.23. The third-order valence-electron chi connectivity index (χ3n) is 6.64. The van der Waals surface area contributed by atoms with Crippen LogP contribution in [0.2, 0.25) is 0 Å². The summed E-state index contributed by atoms with van der Waals surface area (Å²) in [4.78, 5) is 16.9. The minimum Gasteiger partial charge on any atom is -0.490 e. The maximum Gasteiger partial charge on any atom is 0.283 e. The number of nitrogens with one attached hydrogen (secondary N) is 1. The van der Waals surface area contributed by atoms with E-state index in [4.69, 9.17) is 14.9 Å². The Labute approximate surface area is 229 Å². The third-order valence-corrected chi connectivity index (χ3v) is 8.18. The van der Waals surface area contributed by atoms with Crippen LogP contribution >= 0.6 is 27.7 Å². The van der Waals surface area contributed by atoms with Gasteiger partial charge in [-0.15, -0.1) is 0 Å². The number of halogens is 1. The number of hydrogen-bond acceptors (Lipinski definition) is 6. The molecule has 192 valence electrons. The summed E-state index contributed by atoms with van der Waals surface area (Å²) in [5.74, 6) is 1.65. The number of amidine groups is 2. The highest BCUT2D eigenvalue weighted by atomic mass is 79.9. The average Bonchev–Trinajstić information content (AvgIpc) is 3.34. The number of thioether (sulfide) groups is 1. The van der Waals surface area contributed by atoms with Crippen LogP contribution in [0.3, 0.4) is 0 Å². The van der Waals surface area contributed by atoms with Crippen molar-refractivity contribution in [3.05, 3.63) is 63.6 Å². The number of hydrogen-bond donors (Lipinski definition) is 1. The molecule has 1 fully saturated rings. The Morgan fingerprint density at radius 1 is 1.11 bits per heavy atom. The van der Waals surface area contributed by atoms with Crippen LogP contribution in [-0.2, 0) is 4.79 Å². The van der Waals surface area contributed by atoms with Crippen molar-refractivity contribution in [2.45, 2.75) is 51.4 Å². The molecule has 1 amide bonds. The van der Waals surface area contributed by atoms with E-state index in [9.17, 15) is 4.79 Å². The van der Waals surface area contributed by atoms with Gasteiger partial charge in [-0.05, 0) is 78.9 Å². The first-order valence-electron chi connectivity index (χ1n) is 12.7. The van der Waals surface area contributed by atoms with Crippen LogP contribution < -0.4 is 9.47 Å². The van der Waals surface area contributed by atoms with Crippen LogP contribution in [0.25, 0.3) is 6.08 Å². The topological polar surface area (TPSA) is 87.3 Å². The molecule has 1 saturated carbocycles. The second-order valence-electron chi connectivity index (χ2n) is 9.15. The molecular weight excluding hydrogens is 552 g/mol. The molecule has 1 aliphatic carbocycles. The number of rotatable bonds is 8. The monoisotopic (exact) mass is 580 g/mol. The highest BCUT2D eigenvalue weighted by Crippen LogP contribution is 2.34. The van der Waals surface area contributed by atoms with E-state index in [1.807, 2.05) is 37.3 Å². The van der Waals surface area contributed by atoms with Crippen LogP contribution in [0.5, 0.6) is 11.5 Å². The SMILES string of the molecule is CCC1=NN2C(=N)C(=Cc3cc(Br)ccc3OCCOc3ccc(C4CCCCC4)cc3)C(=O)N=C2S1. The number of hydrazone groups is 1. The lowest BCUT2D eigenvalue weighted by Crippen LogP contribution is -2.35. The fourth-order valence-corrected chi connectivity index (χ4v) is 5.88. The van der Waals surface area contributed by atoms with Crippen molar-refractivity contribution in [1.29, 1.82) is 5.41 Å². The summed E-state index contributed by atoms with van der Waals surface area (Å²) < 4.78 is 12.8. The standard InChI is InChI=1S/C28H29BrN4O3S/c1-2-25-32-33-26(30)23(27(34)31-28(33)37-25)17-20-16-21(29)10-13-24(20)36-15-14-35-22-11-8-19(9-12-22)18-6-4-3-5-7-18/h8-13,16-18,30H,2-7,14-15H2,1H3. The van der Waals surface area contributed by atoms with Gasteiger partial charge in [-0.3, -0.25) is 10.2 Å². The van der Waals surface area contributed by atoms with Crippen molar-refractivity contribution in [3.63, 3.8) is 0 Å². The lowest BCUT2D eigenvalue weighted by molar-refractivity contribution is -0.114. The molecule has 0 bridgehead atoms. The summed E-state index contributed by atoms with van der Waals surface area (Å²) in [7, 11) is 0. The highest BCUT2D eigenvalue weighted by Gasteiger charge is 2.35. The van der Waals surface area contributed by atoms with Crippen LogP contribution in [0.15, 0.2) is 62.6 Å². The molecule has 0 aromatic heterocycles. The van der Waals surface area contributed by atoms with Crippen LogP contribution in [-0.4, -0.2) is 40.2 Å². The van der Waals surface area contributed by atoms with Crippen molar-refractivity contribution < 1.29 is 14.3 Å². The second-order valence-corrected chi connectivity index (χ2v) is 11.1. The van der Waals surface area contributed by atoms with Crippen LogP contribution in [0, 0.1) is 5.41 Å². The van der Waals surface area contributed by atoms with E-state index in [1.165, 1.54) is 54.4 Å². The van der Waals surface area contributed by atoms with Gasteiger partial charge in [0.05, 0.1) is 5.57 Å². The van der Waals surface area contributed by atoms with E-state index in [0.717, 1.165) is 21.7 Å². The van der Waals surface area contributed by atoms with Crippen LogP contribution in [0.4, 0.5) is 0 Å². The molecular formula is C28H29BrN4O3S. The van der Waals surface area contributed by atoms with E-state index < -0.39 is 5.91 Å². The number of aliphatic imine (C=N–C) groups is 1. The highest BCUT2D eigenvalue weighted by molar-refractivity contribution is 9.10. The van der Waals surface area contributed by atoms with Crippen molar-refractivity contribution in [1.82, 2.24) is 5.01 Å². The largest absolute Gasteiger partial charge is 0.490 e.